The summed E-state index contributed by atoms with van der Waals surface area (Å²) < 4.78 is 12.3. The Hall–Kier alpha value is -1.86. The summed E-state index contributed by atoms with van der Waals surface area (Å²) in [5.41, 5.74) is 4.04. The topological polar surface area (TPSA) is 54.0 Å². The lowest BCUT2D eigenvalue weighted by molar-refractivity contribution is 0.00578. The zero-order valence-corrected chi connectivity index (χ0v) is 18.5. The highest BCUT2D eigenvalue weighted by Crippen LogP contribution is 2.36. The molecular formula is C24H33BN2O3. The number of benzene rings is 2. The molecule has 1 fully saturated rings. The highest BCUT2D eigenvalue weighted by Gasteiger charge is 2.51. The predicted molar refractivity (Wildman–Crippen MR) is 122 cm³/mol. The standard InChI is InChI=1S/C24H33BN2O3/c1-23(2)24(3,4)30-25(29-23)20-10-7-11-21(14-20)26-15-22(28)17-27-13-12-18-8-5-6-9-19(18)16-27/h5-11,14,22,26,28H,12-13,15-17H2,1-4H3. The monoisotopic (exact) mass is 408 g/mol. The van der Waals surface area contributed by atoms with Gasteiger partial charge in [-0.25, -0.2) is 0 Å². The van der Waals surface area contributed by atoms with E-state index in [9.17, 15) is 5.11 Å². The Morgan fingerprint density at radius 2 is 1.73 bits per heavy atom. The maximum absolute atomic E-state index is 10.6. The first kappa shape index (κ1) is 21.4. The fourth-order valence-electron chi connectivity index (χ4n) is 4.08. The van der Waals surface area contributed by atoms with Crippen molar-refractivity contribution >= 4 is 18.3 Å². The third-order valence-electron chi connectivity index (χ3n) is 6.63. The van der Waals surface area contributed by atoms with Gasteiger partial charge in [0, 0.05) is 31.9 Å². The second-order valence-corrected chi connectivity index (χ2v) is 9.50. The van der Waals surface area contributed by atoms with Crippen molar-refractivity contribution in [2.75, 3.05) is 25.0 Å². The van der Waals surface area contributed by atoms with Gasteiger partial charge in [-0.2, -0.15) is 0 Å². The van der Waals surface area contributed by atoms with Gasteiger partial charge in [0.1, 0.15) is 0 Å². The zero-order valence-electron chi connectivity index (χ0n) is 18.5. The summed E-state index contributed by atoms with van der Waals surface area (Å²) >= 11 is 0. The molecule has 0 aliphatic carbocycles. The molecular weight excluding hydrogens is 375 g/mol. The van der Waals surface area contributed by atoms with Crippen molar-refractivity contribution in [3.05, 3.63) is 59.7 Å². The Morgan fingerprint density at radius 1 is 1.03 bits per heavy atom. The molecule has 1 saturated heterocycles. The molecule has 1 unspecified atom stereocenters. The highest BCUT2D eigenvalue weighted by molar-refractivity contribution is 6.62. The van der Waals surface area contributed by atoms with E-state index in [-0.39, 0.29) is 18.3 Å². The molecule has 2 heterocycles. The molecule has 2 N–H and O–H groups in total. The molecule has 2 aliphatic rings. The van der Waals surface area contributed by atoms with Crippen molar-refractivity contribution in [3.63, 3.8) is 0 Å². The number of β-amino-alcohol motifs (C(OH)–C–C–N with tert-alkyl or cyclic N) is 1. The lowest BCUT2D eigenvalue weighted by atomic mass is 9.79. The molecule has 2 aliphatic heterocycles. The third-order valence-corrected chi connectivity index (χ3v) is 6.63. The summed E-state index contributed by atoms with van der Waals surface area (Å²) in [6, 6.07) is 16.7. The minimum atomic E-state index is -0.434. The van der Waals surface area contributed by atoms with E-state index >= 15 is 0 Å². The molecule has 0 bridgehead atoms. The van der Waals surface area contributed by atoms with E-state index < -0.39 is 6.10 Å². The second-order valence-electron chi connectivity index (χ2n) is 9.50. The zero-order chi connectivity index (χ0) is 21.4. The molecule has 0 saturated carbocycles. The van der Waals surface area contributed by atoms with Crippen LogP contribution in [0.1, 0.15) is 38.8 Å². The van der Waals surface area contributed by atoms with E-state index in [1.54, 1.807) is 0 Å². The molecule has 0 radical (unpaired) electrons. The van der Waals surface area contributed by atoms with Crippen LogP contribution in [0.15, 0.2) is 48.5 Å². The van der Waals surface area contributed by atoms with E-state index in [4.69, 9.17) is 9.31 Å². The van der Waals surface area contributed by atoms with Crippen LogP contribution in [-0.2, 0) is 22.3 Å². The van der Waals surface area contributed by atoms with Gasteiger partial charge in [0.05, 0.1) is 17.3 Å². The lowest BCUT2D eigenvalue weighted by Gasteiger charge is -2.32. The van der Waals surface area contributed by atoms with Gasteiger partial charge in [0.25, 0.3) is 0 Å². The van der Waals surface area contributed by atoms with Crippen LogP contribution in [0.25, 0.3) is 0 Å². The van der Waals surface area contributed by atoms with Gasteiger partial charge in [-0.15, -0.1) is 0 Å². The number of fused-ring (bicyclic) bond motifs is 1. The summed E-state index contributed by atoms with van der Waals surface area (Å²) in [7, 11) is -0.380. The quantitative estimate of drug-likeness (QED) is 0.720. The molecule has 1 atom stereocenters. The van der Waals surface area contributed by atoms with Gasteiger partial charge in [-0.3, -0.25) is 4.90 Å². The summed E-state index contributed by atoms with van der Waals surface area (Å²) in [4.78, 5) is 2.33. The molecule has 30 heavy (non-hydrogen) atoms. The van der Waals surface area contributed by atoms with Crippen molar-refractivity contribution in [1.82, 2.24) is 4.90 Å². The minimum Gasteiger partial charge on any atom is -0.399 e. The number of rotatable bonds is 6. The summed E-state index contributed by atoms with van der Waals surface area (Å²) in [5.74, 6) is 0. The van der Waals surface area contributed by atoms with E-state index in [1.807, 2.05) is 24.3 Å². The molecule has 0 aromatic heterocycles. The summed E-state index contributed by atoms with van der Waals surface area (Å²) in [6.45, 7) is 11.3. The van der Waals surface area contributed by atoms with Crippen LogP contribution < -0.4 is 10.8 Å². The van der Waals surface area contributed by atoms with Gasteiger partial charge >= 0.3 is 7.12 Å². The van der Waals surface area contributed by atoms with Crippen molar-refractivity contribution in [2.24, 2.45) is 0 Å². The van der Waals surface area contributed by atoms with Crippen LogP contribution in [0.4, 0.5) is 5.69 Å². The van der Waals surface area contributed by atoms with Gasteiger partial charge in [0.2, 0.25) is 0 Å². The smallest absolute Gasteiger partial charge is 0.399 e. The maximum atomic E-state index is 10.6. The number of anilines is 1. The Labute approximate surface area is 180 Å². The van der Waals surface area contributed by atoms with Crippen LogP contribution in [-0.4, -0.2) is 54.1 Å². The molecule has 6 heteroatoms. The number of hydrogen-bond acceptors (Lipinski definition) is 5. The number of nitrogens with one attached hydrogen (secondary N) is 1. The van der Waals surface area contributed by atoms with Crippen LogP contribution >= 0.6 is 0 Å². The van der Waals surface area contributed by atoms with Crippen LogP contribution in [0, 0.1) is 0 Å². The molecule has 2 aromatic rings. The first-order chi connectivity index (χ1) is 14.2. The average Bonchev–Trinajstić information content (AvgIpc) is 2.94. The van der Waals surface area contributed by atoms with E-state index in [0.29, 0.717) is 13.1 Å². The first-order valence-corrected chi connectivity index (χ1v) is 10.9. The average molecular weight is 408 g/mol. The summed E-state index contributed by atoms with van der Waals surface area (Å²) in [5, 5.41) is 13.9. The first-order valence-electron chi connectivity index (χ1n) is 10.9. The van der Waals surface area contributed by atoms with E-state index in [0.717, 1.165) is 30.7 Å². The number of nitrogens with zero attached hydrogens (tertiary/aromatic N) is 1. The molecule has 0 amide bonds. The van der Waals surface area contributed by atoms with Gasteiger partial charge in [0.15, 0.2) is 0 Å². The van der Waals surface area contributed by atoms with Crippen molar-refractivity contribution in [3.8, 4) is 0 Å². The predicted octanol–water partition coefficient (Wildman–Crippen LogP) is 2.82. The van der Waals surface area contributed by atoms with Crippen molar-refractivity contribution < 1.29 is 14.4 Å². The number of hydrogen-bond donors (Lipinski definition) is 2. The Balaban J connectivity index is 1.31. The largest absolute Gasteiger partial charge is 0.494 e. The molecule has 160 valence electrons. The fraction of sp³-hybridized carbons (Fsp3) is 0.500. The molecule has 4 rings (SSSR count). The minimum absolute atomic E-state index is 0.357. The molecule has 5 nitrogen and oxygen atoms in total. The van der Waals surface area contributed by atoms with Gasteiger partial charge < -0.3 is 19.7 Å². The van der Waals surface area contributed by atoms with Crippen molar-refractivity contribution in [2.45, 2.75) is 58.0 Å². The third kappa shape index (κ3) is 4.57. The lowest BCUT2D eigenvalue weighted by Crippen LogP contribution is -2.41. The number of aliphatic hydroxyl groups is 1. The Bertz CT molecular complexity index is 870. The second kappa shape index (κ2) is 8.35. The van der Waals surface area contributed by atoms with Crippen molar-refractivity contribution in [1.29, 1.82) is 0 Å². The van der Waals surface area contributed by atoms with Crippen LogP contribution in [0.5, 0.6) is 0 Å². The fourth-order valence-corrected chi connectivity index (χ4v) is 4.08. The highest BCUT2D eigenvalue weighted by atomic mass is 16.7. The van der Waals surface area contributed by atoms with Crippen LogP contribution in [0.2, 0.25) is 0 Å². The van der Waals surface area contributed by atoms with E-state index in [2.05, 4.69) is 62.2 Å². The number of aliphatic hydroxyl groups excluding tert-OH is 1. The Kier molecular flexibility index (Phi) is 5.95. The van der Waals surface area contributed by atoms with Gasteiger partial charge in [-0.1, -0.05) is 36.4 Å². The van der Waals surface area contributed by atoms with E-state index in [1.165, 1.54) is 11.1 Å². The molecule has 2 aromatic carbocycles. The maximum Gasteiger partial charge on any atom is 0.494 e. The summed E-state index contributed by atoms with van der Waals surface area (Å²) in [6.07, 6.45) is 0.614. The van der Waals surface area contributed by atoms with Crippen LogP contribution in [0.3, 0.4) is 0 Å². The molecule has 0 spiro atoms. The normalized spacial score (nSPS) is 21.3. The van der Waals surface area contributed by atoms with Gasteiger partial charge in [-0.05, 0) is 62.8 Å². The SMILES string of the molecule is CC1(C)OB(c2cccc(NCC(O)CN3CCc4ccccc4C3)c2)OC1(C)C. The Morgan fingerprint density at radius 3 is 2.47 bits per heavy atom.